The Bertz CT molecular complexity index is 1120. The molecular formula is C21H19NO6S. The maximum atomic E-state index is 12.4. The summed E-state index contributed by atoms with van der Waals surface area (Å²) >= 11 is 0.981. The van der Waals surface area contributed by atoms with E-state index in [9.17, 15) is 19.8 Å². The third-order valence-electron chi connectivity index (χ3n) is 4.69. The highest BCUT2D eigenvalue weighted by molar-refractivity contribution is 7.09. The van der Waals surface area contributed by atoms with Crippen LogP contribution in [-0.2, 0) is 6.42 Å². The van der Waals surface area contributed by atoms with Gasteiger partial charge in [0.25, 0.3) is 0 Å². The molecular weight excluding hydrogens is 394 g/mol. The molecule has 29 heavy (non-hydrogen) atoms. The summed E-state index contributed by atoms with van der Waals surface area (Å²) in [6, 6.07) is 11.8. The van der Waals surface area contributed by atoms with E-state index in [1.54, 1.807) is 18.2 Å². The predicted molar refractivity (Wildman–Crippen MR) is 107 cm³/mol. The average molecular weight is 413 g/mol. The van der Waals surface area contributed by atoms with E-state index in [-0.39, 0.29) is 35.3 Å². The highest BCUT2D eigenvalue weighted by Crippen LogP contribution is 2.35. The molecule has 2 heterocycles. The Morgan fingerprint density at radius 2 is 1.93 bits per heavy atom. The second-order valence-corrected chi connectivity index (χ2v) is 8.30. The van der Waals surface area contributed by atoms with E-state index in [4.69, 9.17) is 9.47 Å². The fourth-order valence-corrected chi connectivity index (χ4v) is 4.00. The van der Waals surface area contributed by atoms with Gasteiger partial charge < -0.3 is 19.7 Å². The van der Waals surface area contributed by atoms with Gasteiger partial charge >= 0.3 is 4.87 Å². The summed E-state index contributed by atoms with van der Waals surface area (Å²) in [5.74, 6) is 0.885. The van der Waals surface area contributed by atoms with E-state index in [1.807, 2.05) is 19.1 Å². The van der Waals surface area contributed by atoms with Crippen molar-refractivity contribution >= 4 is 17.1 Å². The number of fused-ring (bicyclic) bond motifs is 1. The summed E-state index contributed by atoms with van der Waals surface area (Å²) in [4.78, 5) is 26.3. The van der Waals surface area contributed by atoms with Gasteiger partial charge in [-0.3, -0.25) is 14.6 Å². The number of Topliss-reactive ketones (excluding diaryl/α,β-unsaturated/α-hetero) is 1. The highest BCUT2D eigenvalue weighted by Gasteiger charge is 2.37. The van der Waals surface area contributed by atoms with Crippen LogP contribution in [0.15, 0.2) is 47.3 Å². The molecule has 1 unspecified atom stereocenters. The van der Waals surface area contributed by atoms with Crippen molar-refractivity contribution in [3.63, 3.8) is 0 Å². The molecule has 3 aromatic rings. The van der Waals surface area contributed by atoms with Crippen LogP contribution in [0.3, 0.4) is 0 Å². The zero-order chi connectivity index (χ0) is 20.6. The summed E-state index contributed by atoms with van der Waals surface area (Å²) in [5.41, 5.74) is 0.483. The van der Waals surface area contributed by atoms with Gasteiger partial charge in [-0.15, -0.1) is 0 Å². The molecule has 4 rings (SSSR count). The van der Waals surface area contributed by atoms with Gasteiger partial charge in [-0.05, 0) is 42.8 Å². The Kier molecular flexibility index (Phi) is 4.79. The summed E-state index contributed by atoms with van der Waals surface area (Å²) in [5, 5.41) is 19.2. The fraction of sp³-hybridized carbons (Fsp3) is 0.238. The van der Waals surface area contributed by atoms with Crippen LogP contribution in [0.4, 0.5) is 0 Å². The number of carbonyl (C=O) groups excluding carboxylic acids is 1. The minimum Gasteiger partial charge on any atom is -0.508 e. The van der Waals surface area contributed by atoms with Gasteiger partial charge in [-0.25, -0.2) is 0 Å². The number of phenols is 1. The first-order valence-corrected chi connectivity index (χ1v) is 9.81. The van der Waals surface area contributed by atoms with E-state index in [0.29, 0.717) is 28.4 Å². The summed E-state index contributed by atoms with van der Waals surface area (Å²) in [7, 11) is 0. The van der Waals surface area contributed by atoms with E-state index >= 15 is 0 Å². The molecule has 3 N–H and O–H groups in total. The molecule has 2 aromatic carbocycles. The lowest BCUT2D eigenvalue weighted by molar-refractivity contribution is 0.0189. The molecule has 1 aliphatic heterocycles. The van der Waals surface area contributed by atoms with Crippen LogP contribution >= 0.6 is 11.3 Å². The number of hydrogen-bond donors (Lipinski definition) is 3. The number of phenolic OH excluding ortho intramolecular Hbond substituents is 1. The molecule has 0 aliphatic carbocycles. The topological polar surface area (TPSA) is 109 Å². The smallest absolute Gasteiger partial charge is 0.307 e. The number of aromatic hydroxyl groups is 2. The third-order valence-corrected chi connectivity index (χ3v) is 5.56. The lowest BCUT2D eigenvalue weighted by Gasteiger charge is -2.34. The van der Waals surface area contributed by atoms with Crippen LogP contribution in [0, 0.1) is 0 Å². The van der Waals surface area contributed by atoms with Crippen LogP contribution in [0.1, 0.15) is 34.1 Å². The Morgan fingerprint density at radius 3 is 2.62 bits per heavy atom. The number of rotatable bonds is 5. The first kappa shape index (κ1) is 19.1. The van der Waals surface area contributed by atoms with E-state index in [2.05, 4.69) is 4.98 Å². The van der Waals surface area contributed by atoms with E-state index in [1.165, 1.54) is 12.1 Å². The second kappa shape index (κ2) is 7.29. The standard InChI is InChI=1S/C21H19NO6S/c1-21(10-16(24)15-9-13(23)4-7-17(15)28-21)11-27-14-5-2-12(3-6-14)8-18-19(25)22-20(26)29-18/h2-7,9,23,25H,8,10-11H2,1H3,(H,22,26). The van der Waals surface area contributed by atoms with Gasteiger partial charge in [-0.1, -0.05) is 23.5 Å². The summed E-state index contributed by atoms with van der Waals surface area (Å²) in [6.45, 7) is 1.99. The third kappa shape index (κ3) is 4.12. The van der Waals surface area contributed by atoms with Crippen LogP contribution < -0.4 is 14.3 Å². The molecule has 0 radical (unpaired) electrons. The van der Waals surface area contributed by atoms with Gasteiger partial charge in [0.2, 0.25) is 5.88 Å². The van der Waals surface area contributed by atoms with Crippen molar-refractivity contribution in [3.8, 4) is 23.1 Å². The number of aromatic nitrogens is 1. The number of H-pyrrole nitrogens is 1. The van der Waals surface area contributed by atoms with Crippen LogP contribution in [0.5, 0.6) is 23.1 Å². The van der Waals surface area contributed by atoms with Crippen molar-refractivity contribution in [2.24, 2.45) is 0 Å². The maximum absolute atomic E-state index is 12.4. The van der Waals surface area contributed by atoms with Crippen LogP contribution in [-0.4, -0.2) is 33.2 Å². The van der Waals surface area contributed by atoms with E-state index in [0.717, 1.165) is 16.9 Å². The molecule has 0 bridgehead atoms. The van der Waals surface area contributed by atoms with Crippen molar-refractivity contribution in [1.82, 2.24) is 4.98 Å². The number of thiazole rings is 1. The normalized spacial score (nSPS) is 18.2. The molecule has 0 amide bonds. The molecule has 1 aromatic heterocycles. The number of carbonyl (C=O) groups is 1. The van der Waals surface area contributed by atoms with Crippen molar-refractivity contribution in [3.05, 3.63) is 68.1 Å². The first-order valence-electron chi connectivity index (χ1n) is 8.99. The van der Waals surface area contributed by atoms with Gasteiger partial charge in [0.1, 0.15) is 29.5 Å². The molecule has 0 saturated heterocycles. The summed E-state index contributed by atoms with van der Waals surface area (Å²) in [6.07, 6.45) is 0.585. The molecule has 150 valence electrons. The number of benzene rings is 2. The largest absolute Gasteiger partial charge is 0.508 e. The second-order valence-electron chi connectivity index (χ2n) is 7.23. The first-order chi connectivity index (χ1) is 13.8. The Morgan fingerprint density at radius 1 is 1.17 bits per heavy atom. The molecule has 1 aliphatic rings. The van der Waals surface area contributed by atoms with E-state index < -0.39 is 5.60 Å². The predicted octanol–water partition coefficient (Wildman–Crippen LogP) is 3.24. The molecule has 1 atom stereocenters. The number of aromatic amines is 1. The Labute approximate surface area is 170 Å². The van der Waals surface area contributed by atoms with Gasteiger partial charge in [-0.2, -0.15) is 0 Å². The Hall–Kier alpha value is -3.26. The molecule has 0 spiro atoms. The summed E-state index contributed by atoms with van der Waals surface area (Å²) < 4.78 is 11.8. The number of nitrogens with one attached hydrogen (secondary N) is 1. The SMILES string of the molecule is CC1(COc2ccc(Cc3sc(=O)[nH]c3O)cc2)CC(=O)c2cc(O)ccc2O1. The molecule has 0 fully saturated rings. The number of ether oxygens (including phenoxy) is 2. The zero-order valence-electron chi connectivity index (χ0n) is 15.6. The lowest BCUT2D eigenvalue weighted by Crippen LogP contribution is -2.44. The lowest BCUT2D eigenvalue weighted by atomic mass is 9.92. The monoisotopic (exact) mass is 413 g/mol. The van der Waals surface area contributed by atoms with Crippen molar-refractivity contribution in [2.45, 2.75) is 25.4 Å². The Balaban J connectivity index is 1.41. The van der Waals surface area contributed by atoms with Crippen molar-refractivity contribution in [2.75, 3.05) is 6.61 Å². The molecule has 0 saturated carbocycles. The maximum Gasteiger partial charge on any atom is 0.307 e. The van der Waals surface area contributed by atoms with Gasteiger partial charge in [0.15, 0.2) is 5.78 Å². The minimum absolute atomic E-state index is 0.0286. The fourth-order valence-electron chi connectivity index (χ4n) is 3.24. The molecule has 8 heteroatoms. The average Bonchev–Trinajstić information content (AvgIpc) is 2.99. The van der Waals surface area contributed by atoms with Gasteiger partial charge in [0, 0.05) is 6.42 Å². The minimum atomic E-state index is -0.817. The van der Waals surface area contributed by atoms with Gasteiger partial charge in [0.05, 0.1) is 16.9 Å². The van der Waals surface area contributed by atoms with Crippen molar-refractivity contribution in [1.29, 1.82) is 0 Å². The van der Waals surface area contributed by atoms with Crippen molar-refractivity contribution < 1.29 is 24.5 Å². The zero-order valence-corrected chi connectivity index (χ0v) is 16.4. The number of hydrogen-bond acceptors (Lipinski definition) is 7. The number of ketones is 1. The van der Waals surface area contributed by atoms with Crippen LogP contribution in [0.2, 0.25) is 0 Å². The van der Waals surface area contributed by atoms with Crippen LogP contribution in [0.25, 0.3) is 0 Å². The molecule has 7 nitrogen and oxygen atoms in total. The quantitative estimate of drug-likeness (QED) is 0.593. The highest BCUT2D eigenvalue weighted by atomic mass is 32.1.